The third-order valence-electron chi connectivity index (χ3n) is 19.4. The number of fused-ring (bicyclic) bond motifs is 1. The Labute approximate surface area is 670 Å². The molecule has 0 bridgehead atoms. The molecule has 34 heteroatoms. The summed E-state index contributed by atoms with van der Waals surface area (Å²) in [5, 5.41) is 69.9. The van der Waals surface area contributed by atoms with Gasteiger partial charge in [0.25, 0.3) is 0 Å². The molecule has 2 aliphatic heterocycles. The molecule has 33 nitrogen and oxygen atoms in total. The molecule has 1 aromatic heterocycles. The van der Waals surface area contributed by atoms with Gasteiger partial charge in [0.05, 0.1) is 12.3 Å². The molecular weight excluding hydrogens is 1500 g/mol. The van der Waals surface area contributed by atoms with Gasteiger partial charge >= 0.3 is 0 Å². The Morgan fingerprint density at radius 2 is 1.05 bits per heavy atom. The molecule has 2 fully saturated rings. The fraction of sp³-hybridized carbons (Fsp3) is 0.407. The van der Waals surface area contributed by atoms with Gasteiger partial charge in [-0.15, -0.1) is 0 Å². The third kappa shape index (κ3) is 26.9. The summed E-state index contributed by atoms with van der Waals surface area (Å²) >= 11 is 6.26. The molecule has 0 unspecified atom stereocenters. The number of carbonyl (C=O) groups excluding carboxylic acids is 13. The van der Waals surface area contributed by atoms with E-state index >= 15 is 9.59 Å². The van der Waals surface area contributed by atoms with E-state index in [1.54, 1.807) is 74.5 Å². The van der Waals surface area contributed by atoms with Crippen LogP contribution in [-0.4, -0.2) is 195 Å². The summed E-state index contributed by atoms with van der Waals surface area (Å²) in [4.78, 5) is 188. The second-order valence-corrected chi connectivity index (χ2v) is 29.4. The number of nitrogens with one attached hydrogen (secondary N) is 13. The number of rotatable bonds is 41. The Morgan fingerprint density at radius 3 is 1.63 bits per heavy atom. The van der Waals surface area contributed by atoms with Gasteiger partial charge in [0, 0.05) is 88.1 Å². The highest BCUT2D eigenvalue weighted by Gasteiger charge is 2.41. The molecule has 3 heterocycles. The fourth-order valence-electron chi connectivity index (χ4n) is 13.3. The highest BCUT2D eigenvalue weighted by molar-refractivity contribution is 6.30. The second kappa shape index (κ2) is 43.0. The first-order valence-electron chi connectivity index (χ1n) is 38.1. The Hall–Kier alpha value is -12.4. The number of primary amides is 1. The van der Waals surface area contributed by atoms with E-state index in [-0.39, 0.29) is 138 Å². The van der Waals surface area contributed by atoms with Crippen molar-refractivity contribution in [2.45, 2.75) is 178 Å². The summed E-state index contributed by atoms with van der Waals surface area (Å²) in [6, 6.07) is 20.5. The lowest BCUT2D eigenvalue weighted by atomic mass is 9.99. The summed E-state index contributed by atoms with van der Waals surface area (Å²) in [5.41, 5.74) is 13.8. The number of hydrogen-bond acceptors (Lipinski definition) is 18. The fourth-order valence-corrected chi connectivity index (χ4v) is 13.5. The average molecular weight is 1600 g/mol. The first kappa shape index (κ1) is 88.2. The molecule has 2 aliphatic rings. The molecule has 10 atom stereocenters. The number of guanidine groups is 1. The molecular formula is C81H101ClN18O15. The molecule has 0 aliphatic carbocycles. The minimum atomic E-state index is -1.87. The highest BCUT2D eigenvalue weighted by Crippen LogP contribution is 2.25. The maximum Gasteiger partial charge on any atom is 0.245 e. The number of amides is 13. The lowest BCUT2D eigenvalue weighted by molar-refractivity contribution is -0.142. The lowest BCUT2D eigenvalue weighted by Crippen LogP contribution is -2.61. The van der Waals surface area contributed by atoms with E-state index in [9.17, 15) is 63.0 Å². The van der Waals surface area contributed by atoms with E-state index in [0.717, 1.165) is 15.7 Å². The van der Waals surface area contributed by atoms with Crippen LogP contribution in [-0.2, 0) is 88.0 Å². The number of nitrogens with zero attached hydrogens (tertiary/aromatic N) is 3. The van der Waals surface area contributed by atoms with Crippen LogP contribution in [0.15, 0.2) is 140 Å². The van der Waals surface area contributed by atoms with Gasteiger partial charge in [0.15, 0.2) is 5.96 Å². The van der Waals surface area contributed by atoms with Crippen molar-refractivity contribution in [3.8, 4) is 5.75 Å². The maximum absolute atomic E-state index is 15.2. The number of aromatic hydroxyl groups is 1. The third-order valence-corrected chi connectivity index (χ3v) is 19.7. The van der Waals surface area contributed by atoms with Gasteiger partial charge in [-0.1, -0.05) is 98.2 Å². The summed E-state index contributed by atoms with van der Waals surface area (Å²) in [6.07, 6.45) is 3.28. The predicted octanol–water partition coefficient (Wildman–Crippen LogP) is 1.48. The zero-order valence-corrected chi connectivity index (χ0v) is 65.2. The molecule has 2 saturated heterocycles. The number of pyridine rings is 1. The van der Waals surface area contributed by atoms with Crippen molar-refractivity contribution in [2.75, 3.05) is 31.1 Å². The number of benzene rings is 5. The number of aliphatic hydroxyl groups excluding tert-OH is 1. The molecule has 6 aromatic rings. The Balaban J connectivity index is 1.05. The van der Waals surface area contributed by atoms with Gasteiger partial charge in [0.1, 0.15) is 72.0 Å². The number of nitrogens with two attached hydrogens (primary N) is 2. The van der Waals surface area contributed by atoms with Gasteiger partial charge < -0.3 is 85.1 Å². The Kier molecular flexibility index (Phi) is 33.0. The summed E-state index contributed by atoms with van der Waals surface area (Å²) < 4.78 is 0. The van der Waals surface area contributed by atoms with Crippen LogP contribution in [0.25, 0.3) is 10.8 Å². The van der Waals surface area contributed by atoms with E-state index in [1.807, 2.05) is 42.5 Å². The van der Waals surface area contributed by atoms with E-state index < -0.39 is 132 Å². The monoisotopic (exact) mass is 1600 g/mol. The van der Waals surface area contributed by atoms with Crippen molar-refractivity contribution >= 4 is 117 Å². The number of phenols is 1. The standard InChI is InChI=1S/C81H101ClN18O15/c1-46(2)38-61(73(108)93-60(16-10-36-89-81(85)86)80(115)99-37-11-17-67(99)79(114)90-47(3)71(84)106)94-72(107)59(15-7-8-35-88-70(83)54-24-28-57(29-25-54)100-68(104)32-33-69(100)105)92-75(110)63(41-50-21-30-58(103)31-22-50)97-78(113)66(45-101)98-77(112)65(43-52-12-9-34-87-44-52)96-76(111)64(40-49-19-26-56(82)27-20-49)95-74(109)62(91-48(4)102)42-51-18-23-53-13-5-6-14-55(53)39-51/h5-6,9,12-14,18-31,34,39,44,46-47,59-67,101,103H,7-8,10-11,15-17,32-33,35-38,40-43,45H2,1-4H3,(H2,83,88)(H2,84,106)(H,90,114)(H,91,102)(H,92,110)(H,93,108)(H,94,107)(H,95,109)(H,96,111)(H,97,113)(H,98,112)(H4,85,86,89)/t47-,59-,60+,61+,62-,63+,64-,65-,66+,67+/m1/s1. The van der Waals surface area contributed by atoms with Crippen LogP contribution >= 0.6 is 11.6 Å². The molecule has 8 rings (SSSR count). The number of carbonyl (C=O) groups is 13. The first-order chi connectivity index (χ1) is 54.9. The molecule has 115 heavy (non-hydrogen) atoms. The van der Waals surface area contributed by atoms with Gasteiger partial charge in [-0.25, -0.2) is 0 Å². The van der Waals surface area contributed by atoms with Gasteiger partial charge in [-0.05, 0) is 152 Å². The van der Waals surface area contributed by atoms with Crippen molar-refractivity contribution in [1.29, 1.82) is 10.8 Å². The molecule has 5 aromatic carbocycles. The van der Waals surface area contributed by atoms with Crippen LogP contribution in [0.3, 0.4) is 0 Å². The molecule has 0 radical (unpaired) electrons. The predicted molar refractivity (Wildman–Crippen MR) is 428 cm³/mol. The van der Waals surface area contributed by atoms with E-state index in [2.05, 4.69) is 63.5 Å². The topological polar surface area (TPSA) is 514 Å². The minimum absolute atomic E-state index is 0.0171. The number of amidine groups is 1. The number of hydrogen-bond donors (Lipinski definition) is 17. The van der Waals surface area contributed by atoms with Crippen molar-refractivity contribution in [3.05, 3.63) is 173 Å². The Morgan fingerprint density at radius 1 is 0.548 bits per heavy atom. The number of imide groups is 1. The van der Waals surface area contributed by atoms with E-state index in [4.69, 9.17) is 33.9 Å². The number of aromatic nitrogens is 1. The van der Waals surface area contributed by atoms with E-state index in [0.29, 0.717) is 44.9 Å². The van der Waals surface area contributed by atoms with Gasteiger partial charge in [0.2, 0.25) is 76.8 Å². The summed E-state index contributed by atoms with van der Waals surface area (Å²) in [6.45, 7) is 5.44. The normalized spacial score (nSPS) is 15.6. The second-order valence-electron chi connectivity index (χ2n) is 28.9. The molecule has 612 valence electrons. The van der Waals surface area contributed by atoms with Crippen LogP contribution in [0.5, 0.6) is 5.75 Å². The smallest absolute Gasteiger partial charge is 0.245 e. The van der Waals surface area contributed by atoms with E-state index in [1.165, 1.54) is 55.4 Å². The summed E-state index contributed by atoms with van der Waals surface area (Å²) in [7, 11) is 0. The molecule has 19 N–H and O–H groups in total. The van der Waals surface area contributed by atoms with Gasteiger partial charge in [-0.3, -0.25) is 83.0 Å². The SMILES string of the molecule is CC(=O)N[C@H](Cc1ccc2ccccc2c1)C(=O)N[C@H](Cc1ccc(Cl)cc1)C(=O)N[C@H](Cc1cccnc1)C(=O)N[C@@H](CO)C(=O)N[C@@H](Cc1ccc(O)cc1)C(=O)N[C@H](CCCCNC(=N)c1ccc(N2C(=O)CCC2=O)cc1)C(=O)N[C@@H](CC(C)C)C(=O)N[C@@H](CCCNC(=N)N)C(=O)N1CCC[C@H]1C(=O)N[C@H](C)C(N)=O. The van der Waals surface area contributed by atoms with Crippen LogP contribution < -0.4 is 74.9 Å². The van der Waals surface area contributed by atoms with Crippen LogP contribution in [0.4, 0.5) is 5.69 Å². The van der Waals surface area contributed by atoms with Crippen molar-refractivity contribution in [2.24, 2.45) is 17.4 Å². The number of aliphatic hydroxyl groups is 1. The number of anilines is 1. The minimum Gasteiger partial charge on any atom is -0.508 e. The molecule has 0 saturated carbocycles. The zero-order chi connectivity index (χ0) is 83.4. The van der Waals surface area contributed by atoms with Crippen molar-refractivity contribution in [1.82, 2.24) is 68.4 Å². The van der Waals surface area contributed by atoms with Crippen molar-refractivity contribution < 1.29 is 72.5 Å². The van der Waals surface area contributed by atoms with Crippen LogP contribution in [0.1, 0.15) is 120 Å². The number of unbranched alkanes of at least 4 members (excludes halogenated alkanes) is 1. The number of likely N-dealkylation sites (tertiary alicyclic amines) is 1. The van der Waals surface area contributed by atoms with Gasteiger partial charge in [-0.2, -0.15) is 0 Å². The van der Waals surface area contributed by atoms with Crippen molar-refractivity contribution in [3.63, 3.8) is 0 Å². The van der Waals surface area contributed by atoms with Crippen LogP contribution in [0, 0.1) is 16.7 Å². The quantitative estimate of drug-likeness (QED) is 0.0112. The van der Waals surface area contributed by atoms with Crippen LogP contribution in [0.2, 0.25) is 5.02 Å². The molecule has 13 amide bonds. The average Bonchev–Trinajstić information content (AvgIpc) is 1.71. The Bertz CT molecular complexity index is 4460. The summed E-state index contributed by atoms with van der Waals surface area (Å²) in [5.74, 6) is -10.7. The number of halogens is 1. The molecule has 0 spiro atoms. The largest absolute Gasteiger partial charge is 0.508 e. The zero-order valence-electron chi connectivity index (χ0n) is 64.4. The maximum atomic E-state index is 15.2. The number of phenolic OH excluding ortho intramolecular Hbond substituents is 1. The first-order valence-corrected chi connectivity index (χ1v) is 38.5. The lowest BCUT2D eigenvalue weighted by Gasteiger charge is -2.31. The highest BCUT2D eigenvalue weighted by atomic mass is 35.5.